The zero-order chi connectivity index (χ0) is 9.97. The van der Waals surface area contributed by atoms with Gasteiger partial charge >= 0.3 is 0 Å². The lowest BCUT2D eigenvalue weighted by molar-refractivity contribution is 0.949. The van der Waals surface area contributed by atoms with Crippen molar-refractivity contribution in [3.05, 3.63) is 42.2 Å². The lowest BCUT2D eigenvalue weighted by atomic mass is 10.2. The molecule has 2 aromatic rings. The molecule has 2 N–H and O–H groups in total. The minimum Gasteiger partial charge on any atom is -0.326 e. The molecule has 0 radical (unpaired) electrons. The van der Waals surface area contributed by atoms with E-state index in [1.165, 1.54) is 0 Å². The molecule has 14 heavy (non-hydrogen) atoms. The maximum absolute atomic E-state index is 5.55. The van der Waals surface area contributed by atoms with Gasteiger partial charge < -0.3 is 10.3 Å². The molecule has 0 aliphatic heterocycles. The lowest BCUT2D eigenvalue weighted by Gasteiger charge is -2.05. The predicted octanol–water partition coefficient (Wildman–Crippen LogP) is 1.03. The molecular weight excluding hydrogens is 176 g/mol. The summed E-state index contributed by atoms with van der Waals surface area (Å²) in [6.45, 7) is 2.46. The number of rotatable bonds is 2. The summed E-state index contributed by atoms with van der Waals surface area (Å²) in [7, 11) is 0. The van der Waals surface area contributed by atoms with Gasteiger partial charge in [0.05, 0.1) is 11.9 Å². The minimum atomic E-state index is 0.509. The zero-order valence-corrected chi connectivity index (χ0v) is 8.01. The van der Waals surface area contributed by atoms with E-state index in [0.29, 0.717) is 6.54 Å². The van der Waals surface area contributed by atoms with Crippen LogP contribution < -0.4 is 5.73 Å². The molecule has 0 unspecified atom stereocenters. The van der Waals surface area contributed by atoms with Gasteiger partial charge in [0.2, 0.25) is 0 Å². The Bertz CT molecular complexity index is 433. The molecule has 0 saturated heterocycles. The monoisotopic (exact) mass is 188 g/mol. The van der Waals surface area contributed by atoms with Gasteiger partial charge in [-0.1, -0.05) is 0 Å². The summed E-state index contributed by atoms with van der Waals surface area (Å²) in [5, 5.41) is 0. The standard InChI is InChI=1S/C10H12N4/c1-8-13-2-3-14(8)10-4-9(5-11)6-12-7-10/h2-4,6-7H,5,11H2,1H3. The highest BCUT2D eigenvalue weighted by atomic mass is 15.1. The topological polar surface area (TPSA) is 56.7 Å². The van der Waals surface area contributed by atoms with Crippen molar-refractivity contribution < 1.29 is 0 Å². The fourth-order valence-electron chi connectivity index (χ4n) is 1.37. The number of hydrogen-bond donors (Lipinski definition) is 1. The smallest absolute Gasteiger partial charge is 0.110 e. The quantitative estimate of drug-likeness (QED) is 0.766. The van der Waals surface area contributed by atoms with Crippen molar-refractivity contribution in [1.29, 1.82) is 0 Å². The number of pyridine rings is 1. The number of aromatic nitrogens is 3. The van der Waals surface area contributed by atoms with Gasteiger partial charge in [0.25, 0.3) is 0 Å². The van der Waals surface area contributed by atoms with E-state index < -0.39 is 0 Å². The van der Waals surface area contributed by atoms with Crippen molar-refractivity contribution in [2.75, 3.05) is 0 Å². The first-order valence-electron chi connectivity index (χ1n) is 4.45. The summed E-state index contributed by atoms with van der Waals surface area (Å²) in [6, 6.07) is 2.02. The van der Waals surface area contributed by atoms with Gasteiger partial charge in [0, 0.05) is 25.1 Å². The maximum Gasteiger partial charge on any atom is 0.110 e. The van der Waals surface area contributed by atoms with Crippen LogP contribution in [-0.2, 0) is 6.54 Å². The SMILES string of the molecule is Cc1nccn1-c1cncc(CN)c1. The van der Waals surface area contributed by atoms with Crippen LogP contribution in [0, 0.1) is 6.92 Å². The third kappa shape index (κ3) is 1.52. The summed E-state index contributed by atoms with van der Waals surface area (Å²) in [4.78, 5) is 8.28. The molecule has 0 bridgehead atoms. The van der Waals surface area contributed by atoms with E-state index in [9.17, 15) is 0 Å². The normalized spacial score (nSPS) is 10.4. The average Bonchev–Trinajstić information content (AvgIpc) is 2.65. The van der Waals surface area contributed by atoms with Gasteiger partial charge in [0.1, 0.15) is 5.82 Å². The second-order valence-corrected chi connectivity index (χ2v) is 3.10. The molecule has 0 fully saturated rings. The Morgan fingerprint density at radius 3 is 2.93 bits per heavy atom. The Kier molecular flexibility index (Phi) is 2.28. The van der Waals surface area contributed by atoms with Crippen molar-refractivity contribution in [2.24, 2.45) is 5.73 Å². The minimum absolute atomic E-state index is 0.509. The zero-order valence-electron chi connectivity index (χ0n) is 8.01. The van der Waals surface area contributed by atoms with Crippen molar-refractivity contribution in [2.45, 2.75) is 13.5 Å². The molecule has 72 valence electrons. The van der Waals surface area contributed by atoms with E-state index in [1.54, 1.807) is 18.6 Å². The third-order valence-corrected chi connectivity index (χ3v) is 2.12. The fourth-order valence-corrected chi connectivity index (χ4v) is 1.37. The highest BCUT2D eigenvalue weighted by Gasteiger charge is 2.00. The molecule has 0 atom stereocenters. The van der Waals surface area contributed by atoms with Crippen LogP contribution in [0.5, 0.6) is 0 Å². The van der Waals surface area contributed by atoms with Crippen LogP contribution in [-0.4, -0.2) is 14.5 Å². The summed E-state index contributed by atoms with van der Waals surface area (Å²) in [5.41, 5.74) is 7.57. The molecule has 2 rings (SSSR count). The number of imidazole rings is 1. The van der Waals surface area contributed by atoms with E-state index in [0.717, 1.165) is 17.1 Å². The first-order valence-corrected chi connectivity index (χ1v) is 4.45. The molecule has 2 heterocycles. The van der Waals surface area contributed by atoms with E-state index in [-0.39, 0.29) is 0 Å². The second-order valence-electron chi connectivity index (χ2n) is 3.10. The molecule has 4 heteroatoms. The fraction of sp³-hybridized carbons (Fsp3) is 0.200. The molecule has 0 amide bonds. The molecule has 0 aliphatic carbocycles. The third-order valence-electron chi connectivity index (χ3n) is 2.12. The molecule has 0 spiro atoms. The maximum atomic E-state index is 5.55. The summed E-state index contributed by atoms with van der Waals surface area (Å²) >= 11 is 0. The molecular formula is C10H12N4. The number of aryl methyl sites for hydroxylation is 1. The van der Waals surface area contributed by atoms with Crippen LogP contribution in [0.4, 0.5) is 0 Å². The van der Waals surface area contributed by atoms with Crippen LogP contribution in [0.1, 0.15) is 11.4 Å². The van der Waals surface area contributed by atoms with E-state index >= 15 is 0 Å². The van der Waals surface area contributed by atoms with Gasteiger partial charge in [-0.3, -0.25) is 4.98 Å². The lowest BCUT2D eigenvalue weighted by Crippen LogP contribution is -2.01. The Morgan fingerprint density at radius 1 is 1.43 bits per heavy atom. The van der Waals surface area contributed by atoms with E-state index in [1.807, 2.05) is 23.8 Å². The van der Waals surface area contributed by atoms with Gasteiger partial charge in [-0.15, -0.1) is 0 Å². The van der Waals surface area contributed by atoms with Crippen LogP contribution >= 0.6 is 0 Å². The largest absolute Gasteiger partial charge is 0.326 e. The molecule has 0 aromatic carbocycles. The van der Waals surface area contributed by atoms with E-state index in [2.05, 4.69) is 9.97 Å². The highest BCUT2D eigenvalue weighted by molar-refractivity contribution is 5.33. The highest BCUT2D eigenvalue weighted by Crippen LogP contribution is 2.10. The van der Waals surface area contributed by atoms with Crippen molar-refractivity contribution in [3.8, 4) is 5.69 Å². The van der Waals surface area contributed by atoms with Crippen LogP contribution in [0.3, 0.4) is 0 Å². The van der Waals surface area contributed by atoms with Crippen LogP contribution in [0.2, 0.25) is 0 Å². The summed E-state index contributed by atoms with van der Waals surface area (Å²) in [6.07, 6.45) is 7.25. The Hall–Kier alpha value is -1.68. The second kappa shape index (κ2) is 3.59. The van der Waals surface area contributed by atoms with Crippen molar-refractivity contribution >= 4 is 0 Å². The Labute approximate surface area is 82.4 Å². The molecule has 4 nitrogen and oxygen atoms in total. The summed E-state index contributed by atoms with van der Waals surface area (Å²) in [5.74, 6) is 0.945. The van der Waals surface area contributed by atoms with Gasteiger partial charge in [0.15, 0.2) is 0 Å². The Morgan fingerprint density at radius 2 is 2.29 bits per heavy atom. The van der Waals surface area contributed by atoms with Crippen LogP contribution in [0.15, 0.2) is 30.9 Å². The predicted molar refractivity (Wildman–Crippen MR) is 54.0 cm³/mol. The van der Waals surface area contributed by atoms with Gasteiger partial charge in [-0.25, -0.2) is 4.98 Å². The number of hydrogen-bond acceptors (Lipinski definition) is 3. The first kappa shape index (κ1) is 8.90. The van der Waals surface area contributed by atoms with Crippen molar-refractivity contribution in [3.63, 3.8) is 0 Å². The average molecular weight is 188 g/mol. The Balaban J connectivity index is 2.47. The van der Waals surface area contributed by atoms with E-state index in [4.69, 9.17) is 5.73 Å². The molecule has 0 saturated carbocycles. The number of nitrogens with zero attached hydrogens (tertiary/aromatic N) is 3. The first-order chi connectivity index (χ1) is 6.81. The van der Waals surface area contributed by atoms with Crippen molar-refractivity contribution in [1.82, 2.24) is 14.5 Å². The molecule has 0 aliphatic rings. The molecule has 2 aromatic heterocycles. The summed E-state index contributed by atoms with van der Waals surface area (Å²) < 4.78 is 1.98. The number of nitrogens with two attached hydrogens (primary N) is 1. The van der Waals surface area contributed by atoms with Gasteiger partial charge in [-0.2, -0.15) is 0 Å². The van der Waals surface area contributed by atoms with Crippen LogP contribution in [0.25, 0.3) is 5.69 Å². The van der Waals surface area contributed by atoms with Gasteiger partial charge in [-0.05, 0) is 18.6 Å².